The number of aryl methyl sites for hydroxylation is 1. The summed E-state index contributed by atoms with van der Waals surface area (Å²) >= 11 is 0. The predicted octanol–water partition coefficient (Wildman–Crippen LogP) is 2.73. The molecule has 208 valence electrons. The number of hydrogen-bond donors (Lipinski definition) is 2. The summed E-state index contributed by atoms with van der Waals surface area (Å²) in [5, 5.41) is 12.6. The van der Waals surface area contributed by atoms with Crippen LogP contribution in [0.3, 0.4) is 0 Å². The van der Waals surface area contributed by atoms with Gasteiger partial charge in [0.05, 0.1) is 16.5 Å². The van der Waals surface area contributed by atoms with Crippen molar-refractivity contribution in [3.63, 3.8) is 0 Å². The zero-order chi connectivity index (χ0) is 28.3. The molecule has 1 amide bonds. The van der Waals surface area contributed by atoms with Crippen molar-refractivity contribution in [1.29, 1.82) is 5.26 Å². The first kappa shape index (κ1) is 28.0. The number of benzene rings is 3. The van der Waals surface area contributed by atoms with Gasteiger partial charge in [-0.05, 0) is 66.3 Å². The van der Waals surface area contributed by atoms with Crippen LogP contribution < -0.4 is 11.1 Å². The second kappa shape index (κ2) is 11.5. The van der Waals surface area contributed by atoms with E-state index in [9.17, 15) is 18.5 Å². The molecule has 0 aromatic heterocycles. The van der Waals surface area contributed by atoms with Gasteiger partial charge in [-0.25, -0.2) is 8.42 Å². The SMILES string of the molecule is CN1CCN(S(=O)(=O)c2ccc(-c3ccc(CC(C#N)NC(=O)C4(N)CCc5ccccc5C4)cc3)cc2)CC1. The van der Waals surface area contributed by atoms with E-state index >= 15 is 0 Å². The van der Waals surface area contributed by atoms with Gasteiger partial charge in [0, 0.05) is 32.6 Å². The normalized spacial score (nSPS) is 20.7. The standard InChI is InChI=1S/C31H35N5O3S/c1-35-16-18-36(19-17-35)40(38,39)29-12-10-26(11-13-29)25-8-6-23(7-9-25)20-28(22-32)34-30(37)31(33)15-14-24-4-2-3-5-27(24)21-31/h2-13,28H,14-21,33H2,1H3,(H,34,37). The number of likely N-dealkylation sites (N-methyl/N-ethyl adjacent to an activating group) is 1. The van der Waals surface area contributed by atoms with Gasteiger partial charge in [-0.15, -0.1) is 0 Å². The molecule has 0 saturated carbocycles. The second-order valence-electron chi connectivity index (χ2n) is 10.9. The Morgan fingerprint density at radius 1 is 0.975 bits per heavy atom. The minimum atomic E-state index is -3.51. The van der Waals surface area contributed by atoms with Crippen molar-refractivity contribution in [3.05, 3.63) is 89.5 Å². The molecule has 1 aliphatic heterocycles. The molecule has 1 aliphatic carbocycles. The maximum absolute atomic E-state index is 13.1. The second-order valence-corrected chi connectivity index (χ2v) is 12.8. The molecule has 3 aromatic carbocycles. The van der Waals surface area contributed by atoms with Crippen LogP contribution in [0.5, 0.6) is 0 Å². The number of carbonyl (C=O) groups is 1. The van der Waals surface area contributed by atoms with Crippen LogP contribution in [-0.4, -0.2) is 68.3 Å². The molecule has 1 fully saturated rings. The summed E-state index contributed by atoms with van der Waals surface area (Å²) in [7, 11) is -1.52. The molecule has 0 radical (unpaired) electrons. The zero-order valence-electron chi connectivity index (χ0n) is 22.7. The zero-order valence-corrected chi connectivity index (χ0v) is 23.5. The number of nitriles is 1. The lowest BCUT2D eigenvalue weighted by molar-refractivity contribution is -0.127. The fourth-order valence-electron chi connectivity index (χ4n) is 5.45. The van der Waals surface area contributed by atoms with Gasteiger partial charge >= 0.3 is 0 Å². The molecule has 9 heteroatoms. The van der Waals surface area contributed by atoms with E-state index in [-0.39, 0.29) is 5.91 Å². The first-order valence-electron chi connectivity index (χ1n) is 13.6. The summed E-state index contributed by atoms with van der Waals surface area (Å²) in [6, 6.07) is 24.2. The fraction of sp³-hybridized carbons (Fsp3) is 0.355. The van der Waals surface area contributed by atoms with Gasteiger partial charge in [0.2, 0.25) is 15.9 Å². The summed E-state index contributed by atoms with van der Waals surface area (Å²) in [6.07, 6.45) is 2.09. The molecular formula is C31H35N5O3S. The van der Waals surface area contributed by atoms with Crippen LogP contribution in [0.15, 0.2) is 77.7 Å². The van der Waals surface area contributed by atoms with E-state index in [1.165, 1.54) is 5.56 Å². The number of hydrogen-bond acceptors (Lipinski definition) is 6. The van der Waals surface area contributed by atoms with Crippen LogP contribution in [0.1, 0.15) is 23.1 Å². The molecule has 3 aromatic rings. The molecule has 2 aliphatic rings. The number of nitrogens with zero attached hydrogens (tertiary/aromatic N) is 3. The van der Waals surface area contributed by atoms with Gasteiger partial charge in [0.1, 0.15) is 6.04 Å². The van der Waals surface area contributed by atoms with E-state index in [4.69, 9.17) is 5.73 Å². The summed E-state index contributed by atoms with van der Waals surface area (Å²) in [5.74, 6) is -0.295. The maximum Gasteiger partial charge on any atom is 0.243 e. The van der Waals surface area contributed by atoms with Crippen LogP contribution >= 0.6 is 0 Å². The lowest BCUT2D eigenvalue weighted by Gasteiger charge is -2.34. The van der Waals surface area contributed by atoms with Crippen molar-refractivity contribution in [1.82, 2.24) is 14.5 Å². The predicted molar refractivity (Wildman–Crippen MR) is 155 cm³/mol. The van der Waals surface area contributed by atoms with Gasteiger partial charge in [-0.3, -0.25) is 4.79 Å². The van der Waals surface area contributed by atoms with E-state index in [0.717, 1.165) is 41.8 Å². The Labute approximate surface area is 236 Å². The van der Waals surface area contributed by atoms with Gasteiger partial charge in [0.15, 0.2) is 0 Å². The van der Waals surface area contributed by atoms with Gasteiger partial charge < -0.3 is 16.0 Å². The van der Waals surface area contributed by atoms with E-state index in [1.807, 2.05) is 61.6 Å². The number of rotatable bonds is 7. The Kier molecular flexibility index (Phi) is 8.06. The van der Waals surface area contributed by atoms with Crippen LogP contribution in [0.4, 0.5) is 0 Å². The lowest BCUT2D eigenvalue weighted by Crippen LogP contribution is -2.59. The van der Waals surface area contributed by atoms with Crippen LogP contribution in [0.2, 0.25) is 0 Å². The topological polar surface area (TPSA) is 120 Å². The summed E-state index contributed by atoms with van der Waals surface area (Å²) < 4.78 is 27.6. The largest absolute Gasteiger partial charge is 0.338 e. The molecule has 40 heavy (non-hydrogen) atoms. The quantitative estimate of drug-likeness (QED) is 0.461. The monoisotopic (exact) mass is 557 g/mol. The highest BCUT2D eigenvalue weighted by atomic mass is 32.2. The third-order valence-electron chi connectivity index (χ3n) is 8.06. The Morgan fingerprint density at radius 3 is 2.20 bits per heavy atom. The minimum absolute atomic E-state index is 0.295. The average Bonchev–Trinajstić information content (AvgIpc) is 2.97. The Morgan fingerprint density at radius 2 is 1.57 bits per heavy atom. The molecule has 1 heterocycles. The molecule has 3 N–H and O–H groups in total. The maximum atomic E-state index is 13.1. The third-order valence-corrected chi connectivity index (χ3v) is 9.97. The summed E-state index contributed by atoms with van der Waals surface area (Å²) in [5.41, 5.74) is 10.5. The molecule has 2 atom stereocenters. The van der Waals surface area contributed by atoms with Crippen molar-refractivity contribution in [2.75, 3.05) is 33.2 Å². The number of sulfonamides is 1. The van der Waals surface area contributed by atoms with Crippen LogP contribution in [0, 0.1) is 11.3 Å². The van der Waals surface area contributed by atoms with Crippen molar-refractivity contribution < 1.29 is 13.2 Å². The highest BCUT2D eigenvalue weighted by molar-refractivity contribution is 7.89. The molecule has 0 spiro atoms. The molecule has 5 rings (SSSR count). The molecule has 0 bridgehead atoms. The van der Waals surface area contributed by atoms with E-state index < -0.39 is 21.6 Å². The van der Waals surface area contributed by atoms with Crippen molar-refractivity contribution in [3.8, 4) is 17.2 Å². The van der Waals surface area contributed by atoms with Gasteiger partial charge in [0.25, 0.3) is 0 Å². The Hall–Kier alpha value is -3.55. The highest BCUT2D eigenvalue weighted by Crippen LogP contribution is 2.28. The summed E-state index contributed by atoms with van der Waals surface area (Å²) in [6.45, 7) is 2.43. The third kappa shape index (κ3) is 5.96. The Balaban J connectivity index is 1.21. The molecule has 1 saturated heterocycles. The first-order valence-corrected chi connectivity index (χ1v) is 15.1. The fourth-order valence-corrected chi connectivity index (χ4v) is 6.87. The number of carbonyl (C=O) groups excluding carboxylic acids is 1. The number of nitrogens with one attached hydrogen (secondary N) is 1. The van der Waals surface area contributed by atoms with E-state index in [2.05, 4.69) is 22.4 Å². The Bertz CT molecular complexity index is 1510. The number of nitrogens with two attached hydrogens (primary N) is 1. The number of fused-ring (bicyclic) bond motifs is 1. The number of piperazine rings is 1. The molecular weight excluding hydrogens is 522 g/mol. The lowest BCUT2D eigenvalue weighted by atomic mass is 9.78. The van der Waals surface area contributed by atoms with Crippen molar-refractivity contribution in [2.24, 2.45) is 5.73 Å². The molecule has 2 unspecified atom stereocenters. The summed E-state index contributed by atoms with van der Waals surface area (Å²) in [4.78, 5) is 15.5. The van der Waals surface area contributed by atoms with Crippen molar-refractivity contribution >= 4 is 15.9 Å². The highest BCUT2D eigenvalue weighted by Gasteiger charge is 2.38. The average molecular weight is 558 g/mol. The van der Waals surface area contributed by atoms with Gasteiger partial charge in [-0.1, -0.05) is 60.7 Å². The smallest absolute Gasteiger partial charge is 0.243 e. The van der Waals surface area contributed by atoms with Gasteiger partial charge in [-0.2, -0.15) is 9.57 Å². The molecule has 8 nitrogen and oxygen atoms in total. The first-order chi connectivity index (χ1) is 19.2. The van der Waals surface area contributed by atoms with Crippen LogP contribution in [0.25, 0.3) is 11.1 Å². The van der Waals surface area contributed by atoms with Crippen LogP contribution in [-0.2, 0) is 34.1 Å². The van der Waals surface area contributed by atoms with E-state index in [1.54, 1.807) is 16.4 Å². The van der Waals surface area contributed by atoms with E-state index in [0.29, 0.717) is 37.2 Å². The number of amides is 1. The van der Waals surface area contributed by atoms with Crippen molar-refractivity contribution in [2.45, 2.75) is 42.2 Å². The minimum Gasteiger partial charge on any atom is -0.338 e.